The Morgan fingerprint density at radius 3 is 2.54 bits per heavy atom. The first kappa shape index (κ1) is 25.5. The number of nitrogens with zero attached hydrogens (tertiary/aromatic N) is 1. The van der Waals surface area contributed by atoms with Crippen LogP contribution in [0.5, 0.6) is 0 Å². The average molecular weight is 548 g/mol. The van der Waals surface area contributed by atoms with Gasteiger partial charge in [-0.3, -0.25) is 9.69 Å². The van der Waals surface area contributed by atoms with Gasteiger partial charge in [0.2, 0.25) is 5.91 Å². The number of carbonyl (C=O) groups is 2. The van der Waals surface area contributed by atoms with Crippen LogP contribution in [0.15, 0.2) is 107 Å². The highest BCUT2D eigenvalue weighted by molar-refractivity contribution is 8.00. The van der Waals surface area contributed by atoms with Gasteiger partial charge in [0.25, 0.3) is 0 Å². The molecular formula is C29H26ClN3O2S2. The van der Waals surface area contributed by atoms with Crippen molar-refractivity contribution in [1.82, 2.24) is 0 Å². The molecule has 1 aliphatic carbocycles. The average Bonchev–Trinajstić information content (AvgIpc) is 2.90. The number of benzene rings is 3. The molecule has 0 fully saturated rings. The molecule has 0 aromatic heterocycles. The number of thioether (sulfide) groups is 2. The fraction of sp³-hybridized carbons (Fsp3) is 0.172. The molecule has 3 aromatic rings. The molecule has 0 spiro atoms. The number of anilines is 3. The third-order valence-corrected chi connectivity index (χ3v) is 8.98. The molecule has 1 heterocycles. The minimum Gasteiger partial charge on any atom is -0.325 e. The van der Waals surface area contributed by atoms with Crippen LogP contribution in [0, 0.1) is 0 Å². The van der Waals surface area contributed by atoms with Gasteiger partial charge < -0.3 is 10.6 Å². The predicted molar refractivity (Wildman–Crippen MR) is 156 cm³/mol. The zero-order chi connectivity index (χ0) is 25.8. The number of urea groups is 1. The van der Waals surface area contributed by atoms with Gasteiger partial charge >= 0.3 is 6.03 Å². The van der Waals surface area contributed by atoms with Gasteiger partial charge in [0, 0.05) is 26.2 Å². The number of nitrogens with one attached hydrogen (secondary N) is 2. The second-order valence-corrected chi connectivity index (χ2v) is 11.6. The van der Waals surface area contributed by atoms with Crippen molar-refractivity contribution in [3.63, 3.8) is 0 Å². The summed E-state index contributed by atoms with van der Waals surface area (Å²) in [6.45, 7) is 1.98. The van der Waals surface area contributed by atoms with Gasteiger partial charge in [0.15, 0.2) is 0 Å². The second-order valence-electron chi connectivity index (χ2n) is 8.65. The van der Waals surface area contributed by atoms with Crippen molar-refractivity contribution in [3.05, 3.63) is 102 Å². The summed E-state index contributed by atoms with van der Waals surface area (Å²) >= 11 is 9.30. The first-order chi connectivity index (χ1) is 18.0. The van der Waals surface area contributed by atoms with Crippen molar-refractivity contribution < 1.29 is 9.59 Å². The van der Waals surface area contributed by atoms with E-state index < -0.39 is 0 Å². The molecule has 3 amide bonds. The normalized spacial score (nSPS) is 18.5. The monoisotopic (exact) mass is 547 g/mol. The van der Waals surface area contributed by atoms with Gasteiger partial charge in [-0.25, -0.2) is 4.79 Å². The Labute approximate surface area is 230 Å². The van der Waals surface area contributed by atoms with Crippen molar-refractivity contribution in [1.29, 1.82) is 0 Å². The minimum absolute atomic E-state index is 0.0675. The smallest absolute Gasteiger partial charge is 0.325 e. The fourth-order valence-corrected chi connectivity index (χ4v) is 6.79. The van der Waals surface area contributed by atoms with Crippen LogP contribution in [0.4, 0.5) is 21.9 Å². The number of para-hydroxylation sites is 1. The number of hydrogen-bond acceptors (Lipinski definition) is 4. The molecule has 3 atom stereocenters. The largest absolute Gasteiger partial charge is 0.326 e. The van der Waals surface area contributed by atoms with Gasteiger partial charge in [-0.2, -0.15) is 0 Å². The SMILES string of the molecule is CCC(Sc1cccc(NC(=O)N2c3ccccc3SC3C=CC=CC32)c1)C(=O)Nc1cccc(Cl)c1. The van der Waals surface area contributed by atoms with Gasteiger partial charge in [-0.1, -0.05) is 67.1 Å². The van der Waals surface area contributed by atoms with Crippen molar-refractivity contribution in [2.75, 3.05) is 15.5 Å². The first-order valence-electron chi connectivity index (χ1n) is 12.1. The summed E-state index contributed by atoms with van der Waals surface area (Å²) in [6.07, 6.45) is 8.89. The lowest BCUT2D eigenvalue weighted by Gasteiger charge is -2.40. The second kappa shape index (κ2) is 11.5. The molecule has 5 nitrogen and oxygen atoms in total. The van der Waals surface area contributed by atoms with E-state index >= 15 is 0 Å². The maximum Gasteiger partial charge on any atom is 0.326 e. The van der Waals surface area contributed by atoms with E-state index in [1.54, 1.807) is 30.0 Å². The van der Waals surface area contributed by atoms with E-state index in [1.165, 1.54) is 11.8 Å². The third kappa shape index (κ3) is 5.90. The first-order valence-corrected chi connectivity index (χ1v) is 14.2. The molecule has 2 aliphatic rings. The number of halogens is 1. The summed E-state index contributed by atoms with van der Waals surface area (Å²) in [5.74, 6) is -0.0881. The predicted octanol–water partition coefficient (Wildman–Crippen LogP) is 7.86. The lowest BCUT2D eigenvalue weighted by atomic mass is 10.1. The van der Waals surface area contributed by atoms with Gasteiger partial charge in [0.05, 0.1) is 22.2 Å². The Hall–Kier alpha value is -3.13. The van der Waals surface area contributed by atoms with E-state index in [0.29, 0.717) is 22.8 Å². The van der Waals surface area contributed by atoms with Gasteiger partial charge in [-0.05, 0) is 55.0 Å². The molecule has 188 valence electrons. The Bertz CT molecular complexity index is 1380. The van der Waals surface area contributed by atoms with Crippen molar-refractivity contribution in [2.24, 2.45) is 0 Å². The third-order valence-electron chi connectivity index (χ3n) is 6.08. The van der Waals surface area contributed by atoms with Crippen molar-refractivity contribution in [3.8, 4) is 0 Å². The molecule has 5 rings (SSSR count). The summed E-state index contributed by atoms with van der Waals surface area (Å²) < 4.78 is 0. The Morgan fingerprint density at radius 2 is 1.73 bits per heavy atom. The quantitative estimate of drug-likeness (QED) is 0.308. The molecule has 37 heavy (non-hydrogen) atoms. The van der Waals surface area contributed by atoms with Gasteiger partial charge in [-0.15, -0.1) is 23.5 Å². The lowest BCUT2D eigenvalue weighted by Crippen LogP contribution is -2.49. The number of rotatable bonds is 6. The van der Waals surface area contributed by atoms with E-state index in [9.17, 15) is 9.59 Å². The van der Waals surface area contributed by atoms with Crippen LogP contribution in [0.1, 0.15) is 13.3 Å². The topological polar surface area (TPSA) is 61.4 Å². The van der Waals surface area contributed by atoms with Crippen LogP contribution in [0.2, 0.25) is 5.02 Å². The summed E-state index contributed by atoms with van der Waals surface area (Å²) in [6, 6.07) is 22.5. The highest BCUT2D eigenvalue weighted by Gasteiger charge is 2.36. The maximum atomic E-state index is 13.6. The number of amides is 3. The molecule has 2 N–H and O–H groups in total. The Balaban J connectivity index is 1.30. The van der Waals surface area contributed by atoms with E-state index in [1.807, 2.05) is 72.5 Å². The lowest BCUT2D eigenvalue weighted by molar-refractivity contribution is -0.115. The zero-order valence-electron chi connectivity index (χ0n) is 20.1. The van der Waals surface area contributed by atoms with Crippen molar-refractivity contribution in [2.45, 2.75) is 39.7 Å². The van der Waals surface area contributed by atoms with E-state index in [0.717, 1.165) is 15.5 Å². The standard InChI is InChI=1S/C29H26ClN3O2S2/c1-2-25(28(34)31-20-10-7-9-19(30)17-20)36-22-12-8-11-21(18-22)32-29(35)33-23-13-3-5-15-26(23)37-27-16-6-4-14-24(27)33/h3-18,23,25-26H,2H2,1H3,(H,31,34)(H,32,35). The van der Waals surface area contributed by atoms with Crippen LogP contribution >= 0.6 is 35.1 Å². The van der Waals surface area contributed by atoms with Crippen molar-refractivity contribution >= 4 is 64.1 Å². The number of hydrogen-bond donors (Lipinski definition) is 2. The molecule has 8 heteroatoms. The van der Waals surface area contributed by atoms with Crippen LogP contribution in [-0.2, 0) is 4.79 Å². The van der Waals surface area contributed by atoms with E-state index in [-0.39, 0.29) is 28.5 Å². The minimum atomic E-state index is -0.296. The molecule has 1 aliphatic heterocycles. The highest BCUT2D eigenvalue weighted by atomic mass is 35.5. The molecule has 3 aromatic carbocycles. The van der Waals surface area contributed by atoms with Crippen LogP contribution in [0.25, 0.3) is 0 Å². The summed E-state index contributed by atoms with van der Waals surface area (Å²) in [4.78, 5) is 30.3. The number of allylic oxidation sites excluding steroid dienone is 2. The molecule has 0 radical (unpaired) electrons. The summed E-state index contributed by atoms with van der Waals surface area (Å²) in [5.41, 5.74) is 2.26. The Kier molecular flexibility index (Phi) is 7.93. The summed E-state index contributed by atoms with van der Waals surface area (Å²) in [5, 5.41) is 6.47. The summed E-state index contributed by atoms with van der Waals surface area (Å²) in [7, 11) is 0. The molecule has 3 unspecified atom stereocenters. The fourth-order valence-electron chi connectivity index (χ4n) is 4.33. The molecule has 0 bridgehead atoms. The van der Waals surface area contributed by atoms with Crippen LogP contribution in [-0.4, -0.2) is 28.5 Å². The Morgan fingerprint density at radius 1 is 0.973 bits per heavy atom. The molecule has 0 saturated heterocycles. The molecule has 0 saturated carbocycles. The van der Waals surface area contributed by atoms with E-state index in [2.05, 4.69) is 28.9 Å². The number of fused-ring (bicyclic) bond motifs is 2. The van der Waals surface area contributed by atoms with Gasteiger partial charge in [0.1, 0.15) is 0 Å². The molecular weight excluding hydrogens is 522 g/mol. The number of carbonyl (C=O) groups excluding carboxylic acids is 2. The van der Waals surface area contributed by atoms with Crippen LogP contribution in [0.3, 0.4) is 0 Å². The van der Waals surface area contributed by atoms with E-state index in [4.69, 9.17) is 11.6 Å². The highest BCUT2D eigenvalue weighted by Crippen LogP contribution is 2.43. The maximum absolute atomic E-state index is 13.6. The zero-order valence-corrected chi connectivity index (χ0v) is 22.5. The van der Waals surface area contributed by atoms with Crippen LogP contribution < -0.4 is 15.5 Å².